The third kappa shape index (κ3) is 48.3. The second-order valence-corrected chi connectivity index (χ2v) is 17.4. The van der Waals surface area contributed by atoms with E-state index in [-0.39, 0.29) is 31.1 Å². The number of carbonyl (C=O) groups excluding carboxylic acids is 3. The van der Waals surface area contributed by atoms with E-state index in [9.17, 15) is 14.4 Å². The van der Waals surface area contributed by atoms with Crippen LogP contribution in [0.25, 0.3) is 0 Å². The van der Waals surface area contributed by atoms with Gasteiger partial charge in [0.15, 0.2) is 6.10 Å². The maximum atomic E-state index is 12.7. The molecule has 0 spiro atoms. The molecule has 0 radical (unpaired) electrons. The van der Waals surface area contributed by atoms with Crippen molar-refractivity contribution in [2.24, 2.45) is 0 Å². The molecule has 0 N–H and O–H groups in total. The van der Waals surface area contributed by atoms with Crippen molar-refractivity contribution in [3.8, 4) is 0 Å². The van der Waals surface area contributed by atoms with Gasteiger partial charge in [-0.15, -0.1) is 0 Å². The molecule has 0 bridgehead atoms. The summed E-state index contributed by atoms with van der Waals surface area (Å²) in [4.78, 5) is 37.7. The molecule has 0 rings (SSSR count). The molecule has 0 saturated carbocycles. The summed E-state index contributed by atoms with van der Waals surface area (Å²) in [6, 6.07) is 0. The smallest absolute Gasteiger partial charge is 0.306 e. The van der Waals surface area contributed by atoms with Crippen LogP contribution in [-0.2, 0) is 28.6 Å². The minimum Gasteiger partial charge on any atom is -0.462 e. The first-order valence-electron chi connectivity index (χ1n) is 26.1. The van der Waals surface area contributed by atoms with Gasteiger partial charge in [0.1, 0.15) is 13.2 Å². The summed E-state index contributed by atoms with van der Waals surface area (Å²) in [5, 5.41) is 0. The van der Waals surface area contributed by atoms with Crippen molar-refractivity contribution in [3.05, 3.63) is 48.6 Å². The summed E-state index contributed by atoms with van der Waals surface area (Å²) in [5.41, 5.74) is 0. The molecular formula is C55H98O6. The molecule has 0 aromatic carbocycles. The lowest BCUT2D eigenvalue weighted by atomic mass is 10.1. The van der Waals surface area contributed by atoms with Gasteiger partial charge in [-0.25, -0.2) is 0 Å². The van der Waals surface area contributed by atoms with E-state index in [0.29, 0.717) is 19.3 Å². The number of esters is 3. The zero-order valence-electron chi connectivity index (χ0n) is 40.4. The summed E-state index contributed by atoms with van der Waals surface area (Å²) in [7, 11) is 0. The van der Waals surface area contributed by atoms with Crippen molar-refractivity contribution >= 4 is 17.9 Å². The van der Waals surface area contributed by atoms with Gasteiger partial charge in [0.25, 0.3) is 0 Å². The van der Waals surface area contributed by atoms with Crippen LogP contribution in [0.3, 0.4) is 0 Å². The van der Waals surface area contributed by atoms with Crippen molar-refractivity contribution in [2.45, 2.75) is 271 Å². The molecule has 0 aromatic heterocycles. The summed E-state index contributed by atoms with van der Waals surface area (Å²) >= 11 is 0. The molecule has 6 nitrogen and oxygen atoms in total. The summed E-state index contributed by atoms with van der Waals surface area (Å²) in [5.74, 6) is -0.902. The molecule has 0 aliphatic heterocycles. The van der Waals surface area contributed by atoms with E-state index in [4.69, 9.17) is 14.2 Å². The van der Waals surface area contributed by atoms with Crippen LogP contribution < -0.4 is 0 Å². The number of hydrogen-bond acceptors (Lipinski definition) is 6. The van der Waals surface area contributed by atoms with E-state index in [1.807, 2.05) is 0 Å². The van der Waals surface area contributed by atoms with Crippen molar-refractivity contribution in [1.82, 2.24) is 0 Å². The molecular weight excluding hydrogens is 757 g/mol. The lowest BCUT2D eigenvalue weighted by molar-refractivity contribution is -0.167. The Hall–Kier alpha value is -2.63. The molecule has 0 aliphatic carbocycles. The Kier molecular flexibility index (Phi) is 47.9. The topological polar surface area (TPSA) is 78.9 Å². The highest BCUT2D eigenvalue weighted by atomic mass is 16.6. The molecule has 0 aliphatic rings. The van der Waals surface area contributed by atoms with Crippen molar-refractivity contribution in [2.75, 3.05) is 13.2 Å². The maximum absolute atomic E-state index is 12.7. The van der Waals surface area contributed by atoms with Gasteiger partial charge >= 0.3 is 17.9 Å². The highest BCUT2D eigenvalue weighted by molar-refractivity contribution is 5.71. The van der Waals surface area contributed by atoms with Crippen LogP contribution in [0.4, 0.5) is 0 Å². The SMILES string of the molecule is CCCCCC/C=C\C/C=C\CCCCCCCC(=O)OC(COC(=O)CCCCCCCC)COC(=O)CCCCCCCCCCC/C=C\C/C=C\CCCCCCC. The molecule has 0 amide bonds. The van der Waals surface area contributed by atoms with E-state index < -0.39 is 6.10 Å². The van der Waals surface area contributed by atoms with Gasteiger partial charge in [-0.1, -0.05) is 211 Å². The lowest BCUT2D eigenvalue weighted by Gasteiger charge is -2.18. The summed E-state index contributed by atoms with van der Waals surface area (Å²) in [6.45, 7) is 6.55. The first-order valence-corrected chi connectivity index (χ1v) is 26.1. The Bertz CT molecular complexity index is 1070. The fourth-order valence-corrected chi connectivity index (χ4v) is 7.33. The molecule has 0 heterocycles. The zero-order valence-corrected chi connectivity index (χ0v) is 40.4. The minimum atomic E-state index is -0.777. The normalized spacial score (nSPS) is 12.4. The molecule has 61 heavy (non-hydrogen) atoms. The second-order valence-electron chi connectivity index (χ2n) is 17.4. The van der Waals surface area contributed by atoms with E-state index in [1.165, 1.54) is 135 Å². The third-order valence-corrected chi connectivity index (χ3v) is 11.3. The van der Waals surface area contributed by atoms with E-state index in [2.05, 4.69) is 69.4 Å². The van der Waals surface area contributed by atoms with E-state index in [0.717, 1.165) is 89.9 Å². The van der Waals surface area contributed by atoms with Crippen molar-refractivity contribution in [1.29, 1.82) is 0 Å². The van der Waals surface area contributed by atoms with Crippen molar-refractivity contribution < 1.29 is 28.6 Å². The standard InChI is InChI=1S/C55H98O6/c1-4-7-10-13-16-18-20-22-24-26-27-28-29-30-32-33-35-37-39-42-45-48-54(57)60-51-52(50-59-53(56)47-44-41-15-12-9-6-3)61-55(58)49-46-43-40-38-36-34-31-25-23-21-19-17-14-11-8-5-2/h19-22,25-27,31,52H,4-18,23-24,28-30,32-51H2,1-3H3/b21-19-,22-20-,27-26-,31-25-. The number of unbranched alkanes of at least 4 members (excludes halogenated alkanes) is 28. The van der Waals surface area contributed by atoms with Gasteiger partial charge in [0, 0.05) is 19.3 Å². The predicted octanol–water partition coefficient (Wildman–Crippen LogP) is 17.1. The monoisotopic (exact) mass is 855 g/mol. The Morgan fingerprint density at radius 2 is 0.590 bits per heavy atom. The molecule has 0 fully saturated rings. The molecule has 1 unspecified atom stereocenters. The van der Waals surface area contributed by atoms with Gasteiger partial charge in [0.2, 0.25) is 0 Å². The summed E-state index contributed by atoms with van der Waals surface area (Å²) in [6.07, 6.45) is 59.8. The van der Waals surface area contributed by atoms with Crippen molar-refractivity contribution in [3.63, 3.8) is 0 Å². The number of carbonyl (C=O) groups is 3. The Morgan fingerprint density at radius 1 is 0.328 bits per heavy atom. The first-order chi connectivity index (χ1) is 30.0. The van der Waals surface area contributed by atoms with E-state index in [1.54, 1.807) is 0 Å². The lowest BCUT2D eigenvalue weighted by Crippen LogP contribution is -2.30. The molecule has 0 saturated heterocycles. The van der Waals surface area contributed by atoms with Gasteiger partial charge in [-0.3, -0.25) is 14.4 Å². The Labute approximate surface area is 378 Å². The molecule has 1 atom stereocenters. The highest BCUT2D eigenvalue weighted by Gasteiger charge is 2.19. The number of allylic oxidation sites excluding steroid dienone is 8. The molecule has 0 aromatic rings. The van der Waals surface area contributed by atoms with Crippen LogP contribution in [0, 0.1) is 0 Å². The second kappa shape index (κ2) is 50.0. The van der Waals surface area contributed by atoms with Gasteiger partial charge in [-0.05, 0) is 83.5 Å². The Balaban J connectivity index is 4.20. The predicted molar refractivity (Wildman–Crippen MR) is 261 cm³/mol. The minimum absolute atomic E-state index is 0.0798. The average Bonchev–Trinajstić information content (AvgIpc) is 3.26. The van der Waals surface area contributed by atoms with Crippen LogP contribution in [0.1, 0.15) is 265 Å². The highest BCUT2D eigenvalue weighted by Crippen LogP contribution is 2.14. The number of hydrogen-bond donors (Lipinski definition) is 0. The number of ether oxygens (including phenoxy) is 3. The van der Waals surface area contributed by atoms with Crippen LogP contribution >= 0.6 is 0 Å². The van der Waals surface area contributed by atoms with Crippen LogP contribution in [0.2, 0.25) is 0 Å². The number of rotatable bonds is 47. The van der Waals surface area contributed by atoms with Crippen LogP contribution in [0.15, 0.2) is 48.6 Å². The fraction of sp³-hybridized carbons (Fsp3) is 0.800. The zero-order chi connectivity index (χ0) is 44.4. The Morgan fingerprint density at radius 3 is 0.918 bits per heavy atom. The van der Waals surface area contributed by atoms with E-state index >= 15 is 0 Å². The van der Waals surface area contributed by atoms with Gasteiger partial charge < -0.3 is 14.2 Å². The van der Waals surface area contributed by atoms with Gasteiger partial charge in [-0.2, -0.15) is 0 Å². The molecule has 6 heteroatoms. The quantitative estimate of drug-likeness (QED) is 0.0263. The first kappa shape index (κ1) is 58.4. The van der Waals surface area contributed by atoms with Crippen LogP contribution in [0.5, 0.6) is 0 Å². The van der Waals surface area contributed by atoms with Crippen LogP contribution in [-0.4, -0.2) is 37.2 Å². The summed E-state index contributed by atoms with van der Waals surface area (Å²) < 4.78 is 16.7. The van der Waals surface area contributed by atoms with Gasteiger partial charge in [0.05, 0.1) is 0 Å². The third-order valence-electron chi connectivity index (χ3n) is 11.3. The molecule has 354 valence electrons. The fourth-order valence-electron chi connectivity index (χ4n) is 7.33. The maximum Gasteiger partial charge on any atom is 0.306 e. The largest absolute Gasteiger partial charge is 0.462 e. The average molecular weight is 855 g/mol.